The summed E-state index contributed by atoms with van der Waals surface area (Å²) in [5.74, 6) is -0.263. The van der Waals surface area contributed by atoms with Crippen LogP contribution < -0.4 is 5.32 Å². The van der Waals surface area contributed by atoms with Crippen molar-refractivity contribution in [1.29, 1.82) is 0 Å². The van der Waals surface area contributed by atoms with E-state index in [2.05, 4.69) is 5.32 Å². The van der Waals surface area contributed by atoms with Crippen LogP contribution in [-0.4, -0.2) is 27.1 Å². The van der Waals surface area contributed by atoms with Crippen molar-refractivity contribution in [3.05, 3.63) is 29.6 Å². The van der Waals surface area contributed by atoms with Gasteiger partial charge in [0.25, 0.3) is 0 Å². The van der Waals surface area contributed by atoms with Crippen LogP contribution in [0.1, 0.15) is 5.56 Å². The highest BCUT2D eigenvalue weighted by atomic mass is 19.1. The molecule has 0 atom stereocenters. The van der Waals surface area contributed by atoms with E-state index in [0.29, 0.717) is 12.2 Å². The van der Waals surface area contributed by atoms with Crippen LogP contribution in [0.25, 0.3) is 0 Å². The van der Waals surface area contributed by atoms with E-state index in [4.69, 9.17) is 9.47 Å². The maximum absolute atomic E-state index is 13.4. The second kappa shape index (κ2) is 5.68. The lowest BCUT2D eigenvalue weighted by Gasteiger charge is -2.16. The monoisotopic (exact) mass is 213 g/mol. The summed E-state index contributed by atoms with van der Waals surface area (Å²) in [6.07, 6.45) is -0.371. The van der Waals surface area contributed by atoms with Gasteiger partial charge in [-0.1, -0.05) is 12.1 Å². The predicted molar refractivity (Wildman–Crippen MR) is 57.4 cm³/mol. The molecule has 0 aliphatic heterocycles. The maximum Gasteiger partial charge on any atom is 0.173 e. The van der Waals surface area contributed by atoms with Crippen molar-refractivity contribution in [2.75, 3.05) is 26.1 Å². The molecule has 0 aromatic heterocycles. The average Bonchev–Trinajstić information content (AvgIpc) is 2.23. The zero-order valence-corrected chi connectivity index (χ0v) is 9.21. The molecule has 3 nitrogen and oxygen atoms in total. The SMILES string of the molecule is COC(CNc1c(C)cccc1F)OC. The van der Waals surface area contributed by atoms with Crippen molar-refractivity contribution in [3.8, 4) is 0 Å². The fraction of sp³-hybridized carbons (Fsp3) is 0.455. The Kier molecular flexibility index (Phi) is 4.52. The fourth-order valence-electron chi connectivity index (χ4n) is 1.30. The highest BCUT2D eigenvalue weighted by Gasteiger charge is 2.08. The molecule has 4 heteroatoms. The van der Waals surface area contributed by atoms with Crippen LogP contribution in [0.2, 0.25) is 0 Å². The minimum absolute atomic E-state index is 0.263. The fourth-order valence-corrected chi connectivity index (χ4v) is 1.30. The number of para-hydroxylation sites is 1. The van der Waals surface area contributed by atoms with E-state index in [1.165, 1.54) is 6.07 Å². The topological polar surface area (TPSA) is 30.5 Å². The van der Waals surface area contributed by atoms with Crippen molar-refractivity contribution in [2.45, 2.75) is 13.2 Å². The first-order valence-electron chi connectivity index (χ1n) is 4.73. The molecule has 0 aliphatic rings. The van der Waals surface area contributed by atoms with Gasteiger partial charge in [-0.2, -0.15) is 0 Å². The second-order valence-corrected chi connectivity index (χ2v) is 3.21. The molecule has 1 rings (SSSR count). The quantitative estimate of drug-likeness (QED) is 0.760. The summed E-state index contributed by atoms with van der Waals surface area (Å²) in [6.45, 7) is 2.26. The van der Waals surface area contributed by atoms with Gasteiger partial charge in [-0.15, -0.1) is 0 Å². The van der Waals surface area contributed by atoms with Gasteiger partial charge in [-0.3, -0.25) is 0 Å². The van der Waals surface area contributed by atoms with Crippen molar-refractivity contribution in [2.24, 2.45) is 0 Å². The van der Waals surface area contributed by atoms with Crippen LogP contribution in [0, 0.1) is 12.7 Å². The van der Waals surface area contributed by atoms with Crippen LogP contribution in [0.5, 0.6) is 0 Å². The number of ether oxygens (including phenoxy) is 2. The highest BCUT2D eigenvalue weighted by Crippen LogP contribution is 2.18. The number of hydrogen-bond donors (Lipinski definition) is 1. The molecule has 0 fully saturated rings. The number of methoxy groups -OCH3 is 2. The van der Waals surface area contributed by atoms with E-state index in [1.807, 2.05) is 13.0 Å². The molecule has 0 radical (unpaired) electrons. The Balaban J connectivity index is 2.64. The van der Waals surface area contributed by atoms with E-state index in [1.54, 1.807) is 20.3 Å². The number of aryl methyl sites for hydroxylation is 1. The normalized spacial score (nSPS) is 10.7. The van der Waals surface area contributed by atoms with Gasteiger partial charge in [-0.05, 0) is 18.6 Å². The van der Waals surface area contributed by atoms with Gasteiger partial charge in [0.05, 0.1) is 12.2 Å². The third-order valence-corrected chi connectivity index (χ3v) is 2.19. The third kappa shape index (κ3) is 3.18. The minimum Gasteiger partial charge on any atom is -0.377 e. The smallest absolute Gasteiger partial charge is 0.173 e. The van der Waals surface area contributed by atoms with Gasteiger partial charge >= 0.3 is 0 Å². The average molecular weight is 213 g/mol. The van der Waals surface area contributed by atoms with Crippen molar-refractivity contribution in [1.82, 2.24) is 0 Å². The number of anilines is 1. The number of hydrogen-bond acceptors (Lipinski definition) is 3. The van der Waals surface area contributed by atoms with Crippen LogP contribution in [0.15, 0.2) is 18.2 Å². The van der Waals surface area contributed by atoms with Crippen LogP contribution in [-0.2, 0) is 9.47 Å². The first kappa shape index (κ1) is 11.9. The molecule has 0 aliphatic carbocycles. The summed E-state index contributed by atoms with van der Waals surface area (Å²) < 4.78 is 23.4. The van der Waals surface area contributed by atoms with Gasteiger partial charge in [0, 0.05) is 14.2 Å². The molecule has 1 N–H and O–H groups in total. The summed E-state index contributed by atoms with van der Waals surface area (Å²) in [7, 11) is 3.09. The standard InChI is InChI=1S/C11H16FNO2/c1-8-5-4-6-9(12)11(8)13-7-10(14-2)15-3/h4-6,10,13H,7H2,1-3H3. The van der Waals surface area contributed by atoms with E-state index in [-0.39, 0.29) is 12.1 Å². The lowest BCUT2D eigenvalue weighted by Crippen LogP contribution is -2.24. The molecule has 0 heterocycles. The molecule has 0 saturated carbocycles. The summed E-state index contributed by atoms with van der Waals surface area (Å²) in [6, 6.07) is 4.95. The molecule has 84 valence electrons. The molecule has 0 bridgehead atoms. The lowest BCUT2D eigenvalue weighted by atomic mass is 10.2. The Morgan fingerprint density at radius 1 is 1.33 bits per heavy atom. The number of halogens is 1. The number of rotatable bonds is 5. The van der Waals surface area contributed by atoms with Crippen molar-refractivity contribution < 1.29 is 13.9 Å². The number of benzene rings is 1. The number of nitrogens with one attached hydrogen (secondary N) is 1. The molecule has 0 spiro atoms. The van der Waals surface area contributed by atoms with Crippen LogP contribution in [0.3, 0.4) is 0 Å². The van der Waals surface area contributed by atoms with Gasteiger partial charge in [0.1, 0.15) is 5.82 Å². The van der Waals surface area contributed by atoms with Crippen LogP contribution >= 0.6 is 0 Å². The molecule has 0 amide bonds. The first-order chi connectivity index (χ1) is 7.19. The Morgan fingerprint density at radius 3 is 2.53 bits per heavy atom. The zero-order valence-electron chi connectivity index (χ0n) is 9.21. The first-order valence-corrected chi connectivity index (χ1v) is 4.73. The predicted octanol–water partition coefficient (Wildman–Crippen LogP) is 2.16. The van der Waals surface area contributed by atoms with E-state index in [0.717, 1.165) is 5.56 Å². The van der Waals surface area contributed by atoms with E-state index in [9.17, 15) is 4.39 Å². The summed E-state index contributed by atoms with van der Waals surface area (Å²) >= 11 is 0. The Labute approximate surface area is 89.2 Å². The Hall–Kier alpha value is -1.13. The molecule has 15 heavy (non-hydrogen) atoms. The van der Waals surface area contributed by atoms with Gasteiger partial charge in [0.2, 0.25) is 0 Å². The second-order valence-electron chi connectivity index (χ2n) is 3.21. The zero-order chi connectivity index (χ0) is 11.3. The highest BCUT2D eigenvalue weighted by molar-refractivity contribution is 5.51. The largest absolute Gasteiger partial charge is 0.377 e. The lowest BCUT2D eigenvalue weighted by molar-refractivity contribution is -0.0914. The Bertz CT molecular complexity index is 293. The molecular formula is C11H16FNO2. The Morgan fingerprint density at radius 2 is 2.00 bits per heavy atom. The van der Waals surface area contributed by atoms with E-state index >= 15 is 0 Å². The molecular weight excluding hydrogens is 197 g/mol. The van der Waals surface area contributed by atoms with E-state index < -0.39 is 0 Å². The minimum atomic E-state index is -0.371. The summed E-state index contributed by atoms with van der Waals surface area (Å²) in [5, 5.41) is 2.96. The van der Waals surface area contributed by atoms with Gasteiger partial charge in [-0.25, -0.2) is 4.39 Å². The maximum atomic E-state index is 13.4. The van der Waals surface area contributed by atoms with Crippen molar-refractivity contribution >= 4 is 5.69 Å². The summed E-state index contributed by atoms with van der Waals surface area (Å²) in [4.78, 5) is 0. The van der Waals surface area contributed by atoms with Gasteiger partial charge < -0.3 is 14.8 Å². The molecule has 1 aromatic rings. The molecule has 1 aromatic carbocycles. The summed E-state index contributed by atoms with van der Waals surface area (Å²) in [5.41, 5.74) is 1.36. The molecule has 0 unspecified atom stereocenters. The third-order valence-electron chi connectivity index (χ3n) is 2.19. The molecule has 0 saturated heterocycles. The van der Waals surface area contributed by atoms with Crippen LogP contribution in [0.4, 0.5) is 10.1 Å². The van der Waals surface area contributed by atoms with Crippen molar-refractivity contribution in [3.63, 3.8) is 0 Å². The van der Waals surface area contributed by atoms with Gasteiger partial charge in [0.15, 0.2) is 6.29 Å².